The molecule has 3 rings (SSSR count). The molecular formula is C19H21ClN2O5S. The van der Waals surface area contributed by atoms with Crippen LogP contribution in [0.4, 0.5) is 5.69 Å². The van der Waals surface area contributed by atoms with Gasteiger partial charge >= 0.3 is 0 Å². The van der Waals surface area contributed by atoms with Gasteiger partial charge in [-0.25, -0.2) is 8.42 Å². The van der Waals surface area contributed by atoms with Crippen molar-refractivity contribution in [2.24, 2.45) is 0 Å². The summed E-state index contributed by atoms with van der Waals surface area (Å²) in [7, 11) is -3.81. The fourth-order valence-electron chi connectivity index (χ4n) is 2.77. The number of rotatable bonds is 7. The summed E-state index contributed by atoms with van der Waals surface area (Å²) in [5.74, 6) is 0.716. The number of sulfonamides is 1. The molecule has 0 atom stereocenters. The quantitative estimate of drug-likeness (QED) is 0.738. The number of hydrogen-bond donors (Lipinski definition) is 1. The Bertz CT molecular complexity index is 947. The maximum atomic E-state index is 12.9. The molecular weight excluding hydrogens is 404 g/mol. The van der Waals surface area contributed by atoms with Gasteiger partial charge in [-0.05, 0) is 42.8 Å². The molecule has 7 nitrogen and oxygen atoms in total. The van der Waals surface area contributed by atoms with Crippen molar-refractivity contribution in [3.63, 3.8) is 0 Å². The lowest BCUT2D eigenvalue weighted by atomic mass is 10.2. The summed E-state index contributed by atoms with van der Waals surface area (Å²) in [6.45, 7) is 2.69. The van der Waals surface area contributed by atoms with Crippen LogP contribution in [0, 0.1) is 0 Å². The molecule has 0 unspecified atom stereocenters. The summed E-state index contributed by atoms with van der Waals surface area (Å²) < 4.78 is 37.9. The number of halogens is 1. The van der Waals surface area contributed by atoms with Crippen molar-refractivity contribution < 1.29 is 22.7 Å². The molecule has 0 saturated carbocycles. The van der Waals surface area contributed by atoms with Crippen LogP contribution in [0.5, 0.6) is 11.5 Å². The van der Waals surface area contributed by atoms with Crippen molar-refractivity contribution in [2.75, 3.05) is 31.6 Å². The highest BCUT2D eigenvalue weighted by Gasteiger charge is 2.26. The Morgan fingerprint density at radius 1 is 1.11 bits per heavy atom. The number of fused-ring (bicyclic) bond motifs is 1. The van der Waals surface area contributed by atoms with E-state index in [1.807, 2.05) is 6.92 Å². The van der Waals surface area contributed by atoms with Crippen molar-refractivity contribution in [2.45, 2.75) is 18.2 Å². The van der Waals surface area contributed by atoms with Gasteiger partial charge in [-0.2, -0.15) is 4.31 Å². The Morgan fingerprint density at radius 3 is 2.46 bits per heavy atom. The molecule has 1 heterocycles. The number of nitrogens with one attached hydrogen (secondary N) is 1. The van der Waals surface area contributed by atoms with Crippen molar-refractivity contribution in [1.82, 2.24) is 4.31 Å². The topological polar surface area (TPSA) is 84.9 Å². The van der Waals surface area contributed by atoms with Crippen molar-refractivity contribution in [3.05, 3.63) is 47.5 Å². The number of carbonyl (C=O) groups is 1. The molecule has 0 saturated heterocycles. The van der Waals surface area contributed by atoms with Crippen LogP contribution < -0.4 is 14.8 Å². The van der Waals surface area contributed by atoms with E-state index in [0.717, 1.165) is 4.31 Å². The molecule has 150 valence electrons. The molecule has 28 heavy (non-hydrogen) atoms. The van der Waals surface area contributed by atoms with E-state index in [0.29, 0.717) is 41.8 Å². The van der Waals surface area contributed by atoms with E-state index in [4.69, 9.17) is 21.1 Å². The summed E-state index contributed by atoms with van der Waals surface area (Å²) in [4.78, 5) is 12.6. The summed E-state index contributed by atoms with van der Waals surface area (Å²) in [5, 5.41) is 3.15. The largest absolute Gasteiger partial charge is 0.486 e. The van der Waals surface area contributed by atoms with E-state index in [1.54, 1.807) is 18.2 Å². The maximum Gasteiger partial charge on any atom is 0.243 e. The van der Waals surface area contributed by atoms with Crippen molar-refractivity contribution in [3.8, 4) is 11.5 Å². The Labute approximate surface area is 169 Å². The standard InChI is InChI=1S/C19H21ClN2O5S/c1-2-9-22(28(24,25)16-6-3-14(20)4-7-16)13-19(23)21-15-5-8-17-18(12-15)27-11-10-26-17/h3-8,12H,2,9-11,13H2,1H3,(H,21,23). The summed E-state index contributed by atoms with van der Waals surface area (Å²) in [6, 6.07) is 10.9. The smallest absolute Gasteiger partial charge is 0.243 e. The molecule has 0 aliphatic carbocycles. The van der Waals surface area contributed by atoms with Crippen molar-refractivity contribution in [1.29, 1.82) is 0 Å². The summed E-state index contributed by atoms with van der Waals surface area (Å²) in [5.41, 5.74) is 0.509. The van der Waals surface area contributed by atoms with Crippen LogP contribution in [0.25, 0.3) is 0 Å². The molecule has 2 aromatic carbocycles. The number of benzene rings is 2. The van der Waals surface area contributed by atoms with Gasteiger partial charge in [-0.3, -0.25) is 4.79 Å². The summed E-state index contributed by atoms with van der Waals surface area (Å²) in [6.07, 6.45) is 0.574. The van der Waals surface area contributed by atoms with Crippen LogP contribution in [0.2, 0.25) is 5.02 Å². The lowest BCUT2D eigenvalue weighted by molar-refractivity contribution is -0.116. The first-order valence-electron chi connectivity index (χ1n) is 8.85. The maximum absolute atomic E-state index is 12.9. The van der Waals surface area contributed by atoms with Gasteiger partial charge in [0.25, 0.3) is 0 Å². The first-order valence-corrected chi connectivity index (χ1v) is 10.7. The highest BCUT2D eigenvalue weighted by molar-refractivity contribution is 7.89. The molecule has 1 N–H and O–H groups in total. The van der Waals surface area contributed by atoms with Gasteiger partial charge in [-0.15, -0.1) is 0 Å². The zero-order chi connectivity index (χ0) is 20.1. The van der Waals surface area contributed by atoms with E-state index < -0.39 is 15.9 Å². The monoisotopic (exact) mass is 424 g/mol. The second-order valence-electron chi connectivity index (χ2n) is 6.20. The minimum absolute atomic E-state index is 0.0949. The van der Waals surface area contributed by atoms with Crippen LogP contribution in [-0.4, -0.2) is 44.9 Å². The van der Waals surface area contributed by atoms with Gasteiger partial charge in [0.2, 0.25) is 15.9 Å². The van der Waals surface area contributed by atoms with Gasteiger partial charge in [0.15, 0.2) is 11.5 Å². The van der Waals surface area contributed by atoms with E-state index in [9.17, 15) is 13.2 Å². The molecule has 1 aliphatic rings. The lowest BCUT2D eigenvalue weighted by Crippen LogP contribution is -2.38. The van der Waals surface area contributed by atoms with Crippen molar-refractivity contribution >= 4 is 33.2 Å². The first-order chi connectivity index (χ1) is 13.4. The fraction of sp³-hybridized carbons (Fsp3) is 0.316. The van der Waals surface area contributed by atoms with Crippen LogP contribution >= 0.6 is 11.6 Å². The molecule has 1 amide bonds. The van der Waals surface area contributed by atoms with Crippen LogP contribution in [0.1, 0.15) is 13.3 Å². The normalized spacial score (nSPS) is 13.4. The Morgan fingerprint density at radius 2 is 1.79 bits per heavy atom. The average molecular weight is 425 g/mol. The molecule has 1 aliphatic heterocycles. The predicted molar refractivity (Wildman–Crippen MR) is 107 cm³/mol. The van der Waals surface area contributed by atoms with Gasteiger partial charge < -0.3 is 14.8 Å². The minimum atomic E-state index is -3.81. The van der Waals surface area contributed by atoms with Gasteiger partial charge in [0, 0.05) is 23.3 Å². The fourth-order valence-corrected chi connectivity index (χ4v) is 4.39. The van der Waals surface area contributed by atoms with Gasteiger partial charge in [0.1, 0.15) is 13.2 Å². The number of ether oxygens (including phenoxy) is 2. The Balaban J connectivity index is 1.73. The zero-order valence-corrected chi connectivity index (χ0v) is 16.9. The van der Waals surface area contributed by atoms with E-state index in [1.165, 1.54) is 24.3 Å². The number of anilines is 1. The van der Waals surface area contributed by atoms with E-state index in [-0.39, 0.29) is 18.0 Å². The Kier molecular flexibility index (Phi) is 6.43. The lowest BCUT2D eigenvalue weighted by Gasteiger charge is -2.22. The van der Waals surface area contributed by atoms with E-state index in [2.05, 4.69) is 5.32 Å². The third kappa shape index (κ3) is 4.76. The van der Waals surface area contributed by atoms with Crippen LogP contribution in [-0.2, 0) is 14.8 Å². The summed E-state index contributed by atoms with van der Waals surface area (Å²) >= 11 is 5.84. The Hall–Kier alpha value is -2.29. The average Bonchev–Trinajstić information content (AvgIpc) is 2.68. The van der Waals surface area contributed by atoms with Crippen LogP contribution in [0.3, 0.4) is 0 Å². The highest BCUT2D eigenvalue weighted by atomic mass is 35.5. The molecule has 9 heteroatoms. The molecule has 0 spiro atoms. The second-order valence-corrected chi connectivity index (χ2v) is 8.57. The number of amides is 1. The number of nitrogens with zero attached hydrogens (tertiary/aromatic N) is 1. The highest BCUT2D eigenvalue weighted by Crippen LogP contribution is 2.32. The predicted octanol–water partition coefficient (Wildman–Crippen LogP) is 3.15. The van der Waals surface area contributed by atoms with E-state index >= 15 is 0 Å². The molecule has 0 bridgehead atoms. The molecule has 0 radical (unpaired) electrons. The third-order valence-electron chi connectivity index (χ3n) is 4.07. The molecule has 0 fully saturated rings. The second kappa shape index (κ2) is 8.81. The zero-order valence-electron chi connectivity index (χ0n) is 15.4. The van der Waals surface area contributed by atoms with Gasteiger partial charge in [-0.1, -0.05) is 18.5 Å². The number of hydrogen-bond acceptors (Lipinski definition) is 5. The molecule has 2 aromatic rings. The third-order valence-corrected chi connectivity index (χ3v) is 6.18. The SMILES string of the molecule is CCCN(CC(=O)Nc1ccc2c(c1)OCCO2)S(=O)(=O)c1ccc(Cl)cc1. The van der Waals surface area contributed by atoms with Crippen LogP contribution in [0.15, 0.2) is 47.4 Å². The molecule has 0 aromatic heterocycles. The first kappa shape index (κ1) is 20.4. The minimum Gasteiger partial charge on any atom is -0.486 e. The van der Waals surface area contributed by atoms with Gasteiger partial charge in [0.05, 0.1) is 11.4 Å². The number of carbonyl (C=O) groups excluding carboxylic acids is 1.